The number of rotatable bonds is 6. The second kappa shape index (κ2) is 9.06. The summed E-state index contributed by atoms with van der Waals surface area (Å²) in [6.07, 6.45) is 1.78. The molecule has 4 rings (SSSR count). The summed E-state index contributed by atoms with van der Waals surface area (Å²) in [5.74, 6) is 1.01. The molecule has 0 aliphatic carbocycles. The maximum Gasteiger partial charge on any atom is 0.315 e. The molecule has 0 unspecified atom stereocenters. The Morgan fingerprint density at radius 1 is 1.00 bits per heavy atom. The SMILES string of the molecule is CCOc1ccc(/C=C2\Oc3cc(OC(=O)Cc4ccc(Cl)cc4)ccc3C2=O)cc1. The summed E-state index contributed by atoms with van der Waals surface area (Å²) in [5, 5.41) is 0.603. The largest absolute Gasteiger partial charge is 0.494 e. The number of halogens is 1. The van der Waals surface area contributed by atoms with Crippen molar-refractivity contribution in [1.29, 1.82) is 0 Å². The molecular formula is C25H19ClO5. The minimum Gasteiger partial charge on any atom is -0.494 e. The van der Waals surface area contributed by atoms with Crippen LogP contribution in [0.5, 0.6) is 17.2 Å². The van der Waals surface area contributed by atoms with Gasteiger partial charge in [0.1, 0.15) is 17.2 Å². The molecule has 0 aromatic heterocycles. The van der Waals surface area contributed by atoms with Crippen molar-refractivity contribution in [2.24, 2.45) is 0 Å². The molecule has 5 nitrogen and oxygen atoms in total. The van der Waals surface area contributed by atoms with E-state index in [-0.39, 0.29) is 18.0 Å². The lowest BCUT2D eigenvalue weighted by Crippen LogP contribution is -2.11. The highest BCUT2D eigenvalue weighted by Gasteiger charge is 2.28. The molecule has 0 saturated heterocycles. The van der Waals surface area contributed by atoms with Crippen LogP contribution in [0.4, 0.5) is 0 Å². The van der Waals surface area contributed by atoms with Crippen molar-refractivity contribution in [3.05, 3.63) is 94.2 Å². The summed E-state index contributed by atoms with van der Waals surface area (Å²) >= 11 is 5.86. The second-order valence-electron chi connectivity index (χ2n) is 6.88. The van der Waals surface area contributed by atoms with E-state index in [9.17, 15) is 9.59 Å². The Morgan fingerprint density at radius 2 is 1.71 bits per heavy atom. The molecule has 0 N–H and O–H groups in total. The first-order valence-electron chi connectivity index (χ1n) is 9.78. The highest BCUT2D eigenvalue weighted by molar-refractivity contribution is 6.30. The van der Waals surface area contributed by atoms with Gasteiger partial charge in [-0.3, -0.25) is 9.59 Å². The first kappa shape index (κ1) is 20.7. The molecule has 0 saturated carbocycles. The third-order valence-corrected chi connectivity index (χ3v) is 4.88. The van der Waals surface area contributed by atoms with E-state index in [0.29, 0.717) is 28.7 Å². The Labute approximate surface area is 184 Å². The molecule has 0 fully saturated rings. The zero-order chi connectivity index (χ0) is 21.8. The number of esters is 1. The van der Waals surface area contributed by atoms with Crippen molar-refractivity contribution in [2.75, 3.05) is 6.61 Å². The molecular weight excluding hydrogens is 416 g/mol. The lowest BCUT2D eigenvalue weighted by atomic mass is 10.1. The zero-order valence-electron chi connectivity index (χ0n) is 16.8. The zero-order valence-corrected chi connectivity index (χ0v) is 17.5. The van der Waals surface area contributed by atoms with Crippen LogP contribution in [0, 0.1) is 0 Å². The van der Waals surface area contributed by atoms with Crippen LogP contribution < -0.4 is 14.2 Å². The van der Waals surface area contributed by atoms with Gasteiger partial charge in [-0.05, 0) is 60.5 Å². The third kappa shape index (κ3) is 4.95. The van der Waals surface area contributed by atoms with Gasteiger partial charge in [0.2, 0.25) is 5.78 Å². The van der Waals surface area contributed by atoms with Crippen LogP contribution in [-0.4, -0.2) is 18.4 Å². The van der Waals surface area contributed by atoms with Gasteiger partial charge in [-0.2, -0.15) is 0 Å². The summed E-state index contributed by atoms with van der Waals surface area (Å²) in [4.78, 5) is 24.9. The fourth-order valence-corrected chi connectivity index (χ4v) is 3.27. The maximum absolute atomic E-state index is 12.6. The number of carbonyl (C=O) groups excluding carboxylic acids is 2. The molecule has 0 spiro atoms. The van der Waals surface area contributed by atoms with E-state index in [1.807, 2.05) is 31.2 Å². The highest BCUT2D eigenvalue weighted by Crippen LogP contribution is 2.35. The second-order valence-corrected chi connectivity index (χ2v) is 7.31. The summed E-state index contributed by atoms with van der Waals surface area (Å²) in [7, 11) is 0. The van der Waals surface area contributed by atoms with Crippen molar-refractivity contribution in [3.8, 4) is 17.2 Å². The predicted octanol–water partition coefficient (Wildman–Crippen LogP) is 5.50. The van der Waals surface area contributed by atoms with Gasteiger partial charge in [0.15, 0.2) is 5.76 Å². The van der Waals surface area contributed by atoms with Crippen LogP contribution >= 0.6 is 11.6 Å². The number of hydrogen-bond donors (Lipinski definition) is 0. The Hall–Kier alpha value is -3.57. The van der Waals surface area contributed by atoms with Crippen LogP contribution in [-0.2, 0) is 11.2 Å². The number of fused-ring (bicyclic) bond motifs is 1. The average molecular weight is 435 g/mol. The minimum absolute atomic E-state index is 0.108. The van der Waals surface area contributed by atoms with Gasteiger partial charge < -0.3 is 14.2 Å². The molecule has 1 aliphatic heterocycles. The van der Waals surface area contributed by atoms with Gasteiger partial charge in [-0.25, -0.2) is 0 Å². The van der Waals surface area contributed by atoms with E-state index in [1.54, 1.807) is 48.5 Å². The van der Waals surface area contributed by atoms with E-state index < -0.39 is 5.97 Å². The average Bonchev–Trinajstić information content (AvgIpc) is 3.06. The van der Waals surface area contributed by atoms with E-state index >= 15 is 0 Å². The van der Waals surface area contributed by atoms with Crippen molar-refractivity contribution >= 4 is 29.4 Å². The Morgan fingerprint density at radius 3 is 2.42 bits per heavy atom. The number of allylic oxidation sites excluding steroid dienone is 1. The van der Waals surface area contributed by atoms with Gasteiger partial charge in [0.05, 0.1) is 18.6 Å². The smallest absolute Gasteiger partial charge is 0.315 e. The standard InChI is InChI=1S/C25H19ClO5/c1-2-29-19-9-5-16(6-10-19)13-23-25(28)21-12-11-20(15-22(21)31-23)30-24(27)14-17-3-7-18(26)8-4-17/h3-13,15H,2,14H2,1H3/b23-13-. The molecule has 31 heavy (non-hydrogen) atoms. The molecule has 0 amide bonds. The number of ether oxygens (including phenoxy) is 3. The molecule has 156 valence electrons. The summed E-state index contributed by atoms with van der Waals surface area (Å²) in [5.41, 5.74) is 2.03. The maximum atomic E-state index is 12.6. The number of Topliss-reactive ketones (excluding diaryl/α,β-unsaturated/α-hetero) is 1. The lowest BCUT2D eigenvalue weighted by molar-refractivity contribution is -0.133. The molecule has 0 bridgehead atoms. The monoisotopic (exact) mass is 434 g/mol. The van der Waals surface area contributed by atoms with Gasteiger partial charge >= 0.3 is 5.97 Å². The first-order chi connectivity index (χ1) is 15.0. The van der Waals surface area contributed by atoms with Crippen molar-refractivity contribution < 1.29 is 23.8 Å². The molecule has 3 aromatic carbocycles. The van der Waals surface area contributed by atoms with Gasteiger partial charge in [0, 0.05) is 11.1 Å². The number of benzene rings is 3. The van der Waals surface area contributed by atoms with Gasteiger partial charge in [-0.1, -0.05) is 35.9 Å². The predicted molar refractivity (Wildman–Crippen MR) is 118 cm³/mol. The first-order valence-corrected chi connectivity index (χ1v) is 10.2. The summed E-state index contributed by atoms with van der Waals surface area (Å²) in [6.45, 7) is 2.51. The van der Waals surface area contributed by atoms with E-state index in [1.165, 1.54) is 0 Å². The number of ketones is 1. The van der Waals surface area contributed by atoms with Gasteiger partial charge in [-0.15, -0.1) is 0 Å². The van der Waals surface area contributed by atoms with Gasteiger partial charge in [0.25, 0.3) is 0 Å². The molecule has 0 atom stereocenters. The third-order valence-electron chi connectivity index (χ3n) is 4.62. The Kier molecular flexibility index (Phi) is 6.05. The molecule has 6 heteroatoms. The van der Waals surface area contributed by atoms with E-state index in [0.717, 1.165) is 16.9 Å². The molecule has 1 heterocycles. The normalized spacial score (nSPS) is 13.6. The summed E-state index contributed by atoms with van der Waals surface area (Å²) in [6, 6.07) is 19.1. The van der Waals surface area contributed by atoms with Crippen molar-refractivity contribution in [1.82, 2.24) is 0 Å². The minimum atomic E-state index is -0.420. The quantitative estimate of drug-likeness (QED) is 0.291. The molecule has 3 aromatic rings. The van der Waals surface area contributed by atoms with Crippen LogP contribution in [0.3, 0.4) is 0 Å². The van der Waals surface area contributed by atoms with Crippen molar-refractivity contribution in [3.63, 3.8) is 0 Å². The lowest BCUT2D eigenvalue weighted by Gasteiger charge is -2.06. The highest BCUT2D eigenvalue weighted by atomic mass is 35.5. The van der Waals surface area contributed by atoms with Crippen molar-refractivity contribution in [2.45, 2.75) is 13.3 Å². The molecule has 0 radical (unpaired) electrons. The number of hydrogen-bond acceptors (Lipinski definition) is 5. The van der Waals surface area contributed by atoms with Crippen LogP contribution in [0.15, 0.2) is 72.5 Å². The Balaban J connectivity index is 1.45. The number of carbonyl (C=O) groups is 2. The summed E-state index contributed by atoms with van der Waals surface area (Å²) < 4.78 is 16.6. The van der Waals surface area contributed by atoms with E-state index in [2.05, 4.69) is 0 Å². The topological polar surface area (TPSA) is 61.8 Å². The fourth-order valence-electron chi connectivity index (χ4n) is 3.15. The molecule has 1 aliphatic rings. The van der Waals surface area contributed by atoms with Crippen LogP contribution in [0.2, 0.25) is 5.02 Å². The van der Waals surface area contributed by atoms with Crippen LogP contribution in [0.25, 0.3) is 6.08 Å². The van der Waals surface area contributed by atoms with Crippen LogP contribution in [0.1, 0.15) is 28.4 Å². The van der Waals surface area contributed by atoms with E-state index in [4.69, 9.17) is 25.8 Å². The fraction of sp³-hybridized carbons (Fsp3) is 0.120. The Bertz CT molecular complexity index is 1150.